The molecule has 2 aromatic heterocycles. The van der Waals surface area contributed by atoms with Crippen molar-refractivity contribution in [2.45, 2.75) is 5.16 Å². The molecule has 0 saturated carbocycles. The maximum atomic E-state index is 12.4. The lowest BCUT2D eigenvalue weighted by Gasteiger charge is -2.04. The fraction of sp³-hybridized carbons (Fsp3) is 0.133. The summed E-state index contributed by atoms with van der Waals surface area (Å²) in [6.45, 7) is 0. The highest BCUT2D eigenvalue weighted by Crippen LogP contribution is 2.27. The van der Waals surface area contributed by atoms with Crippen molar-refractivity contribution in [3.63, 3.8) is 0 Å². The van der Waals surface area contributed by atoms with Crippen LogP contribution in [0.4, 0.5) is 5.95 Å². The number of carbonyl (C=O) groups excluding carboxylic acids is 1. The molecule has 0 saturated heterocycles. The molecule has 3 rings (SSSR count). The molecule has 0 spiro atoms. The Bertz CT molecular complexity index is 917. The largest absolute Gasteiger partial charge is 0.496 e. The van der Waals surface area contributed by atoms with Crippen LogP contribution in [0.25, 0.3) is 11.4 Å². The molecule has 0 aliphatic heterocycles. The summed E-state index contributed by atoms with van der Waals surface area (Å²) in [5.74, 6) is 0.686. The molecule has 10 heteroatoms. The molecule has 0 unspecified atom stereocenters. The number of halogens is 1. The van der Waals surface area contributed by atoms with Crippen LogP contribution in [-0.4, -0.2) is 44.4 Å². The van der Waals surface area contributed by atoms with Gasteiger partial charge in [-0.2, -0.15) is 4.98 Å². The number of amides is 1. The Kier molecular flexibility index (Phi) is 5.15. The van der Waals surface area contributed by atoms with E-state index in [2.05, 4.69) is 30.5 Å². The van der Waals surface area contributed by atoms with Gasteiger partial charge >= 0.3 is 0 Å². The van der Waals surface area contributed by atoms with Gasteiger partial charge in [0.15, 0.2) is 16.7 Å². The minimum atomic E-state index is -0.520. The number of nitrogens with zero attached hydrogens (tertiary/aromatic N) is 4. The molecular formula is C15H13ClN6O2S. The monoisotopic (exact) mass is 376 g/mol. The number of aromatic nitrogens is 5. The van der Waals surface area contributed by atoms with Crippen LogP contribution in [0.2, 0.25) is 5.02 Å². The highest BCUT2D eigenvalue weighted by molar-refractivity contribution is 7.98. The zero-order chi connectivity index (χ0) is 17.8. The number of carbonyl (C=O) groups is 1. The van der Waals surface area contributed by atoms with E-state index >= 15 is 0 Å². The van der Waals surface area contributed by atoms with Gasteiger partial charge in [-0.25, -0.2) is 9.97 Å². The lowest BCUT2D eigenvalue weighted by atomic mass is 10.2. The van der Waals surface area contributed by atoms with E-state index in [4.69, 9.17) is 16.3 Å². The summed E-state index contributed by atoms with van der Waals surface area (Å²) in [6.07, 6.45) is 3.19. The first-order chi connectivity index (χ1) is 12.1. The Morgan fingerprint density at radius 3 is 2.88 bits per heavy atom. The van der Waals surface area contributed by atoms with E-state index in [9.17, 15) is 4.79 Å². The quantitative estimate of drug-likeness (QED) is 0.521. The highest BCUT2D eigenvalue weighted by Gasteiger charge is 2.17. The molecule has 3 aromatic rings. The van der Waals surface area contributed by atoms with Gasteiger partial charge in [0.05, 0.1) is 23.9 Å². The van der Waals surface area contributed by atoms with E-state index in [1.807, 2.05) is 18.2 Å². The number of ether oxygens (including phenoxy) is 1. The zero-order valence-electron chi connectivity index (χ0n) is 13.3. The van der Waals surface area contributed by atoms with E-state index < -0.39 is 5.91 Å². The topological polar surface area (TPSA) is 106 Å². The number of H-pyrrole nitrogens is 1. The lowest BCUT2D eigenvalue weighted by Crippen LogP contribution is -2.16. The lowest BCUT2D eigenvalue weighted by molar-refractivity contribution is 0.102. The number of aromatic amines is 1. The van der Waals surface area contributed by atoms with Gasteiger partial charge in [-0.15, -0.1) is 5.10 Å². The summed E-state index contributed by atoms with van der Waals surface area (Å²) in [5, 5.41) is 9.91. The van der Waals surface area contributed by atoms with Crippen LogP contribution in [0.3, 0.4) is 0 Å². The average Bonchev–Trinajstić information content (AvgIpc) is 3.10. The Hall–Kier alpha value is -2.65. The molecule has 1 aromatic carbocycles. The predicted molar refractivity (Wildman–Crippen MR) is 95.1 cm³/mol. The van der Waals surface area contributed by atoms with Crippen molar-refractivity contribution in [3.05, 3.63) is 41.2 Å². The number of anilines is 1. The van der Waals surface area contributed by atoms with Crippen molar-refractivity contribution in [2.75, 3.05) is 18.7 Å². The number of benzene rings is 1. The standard InChI is InChI=1S/C15H13ClN6O2S/c1-24-10-6-4-3-5-8(10)12-19-14(22-21-12)20-13(23)11-9(16)7-17-15(18-11)25-2/h3-7H,1-2H3,(H2,19,20,21,22,23). The maximum Gasteiger partial charge on any atom is 0.278 e. The van der Waals surface area contributed by atoms with Crippen molar-refractivity contribution in [1.82, 2.24) is 25.1 Å². The summed E-state index contributed by atoms with van der Waals surface area (Å²) in [4.78, 5) is 24.7. The molecule has 0 radical (unpaired) electrons. The minimum Gasteiger partial charge on any atom is -0.496 e. The second-order valence-corrected chi connectivity index (χ2v) is 5.90. The Morgan fingerprint density at radius 2 is 2.12 bits per heavy atom. The second-order valence-electron chi connectivity index (χ2n) is 4.72. The number of para-hydroxylation sites is 1. The first kappa shape index (κ1) is 17.2. The number of thioether (sulfide) groups is 1. The summed E-state index contributed by atoms with van der Waals surface area (Å²) in [5.41, 5.74) is 0.785. The molecule has 0 atom stereocenters. The third kappa shape index (κ3) is 3.72. The molecule has 0 fully saturated rings. The van der Waals surface area contributed by atoms with Crippen LogP contribution in [0.1, 0.15) is 10.5 Å². The van der Waals surface area contributed by atoms with Crippen molar-refractivity contribution >= 4 is 35.2 Å². The second kappa shape index (κ2) is 7.49. The maximum absolute atomic E-state index is 12.4. The van der Waals surface area contributed by atoms with Crippen LogP contribution in [-0.2, 0) is 0 Å². The molecule has 2 heterocycles. The van der Waals surface area contributed by atoms with Gasteiger partial charge in [0.25, 0.3) is 5.91 Å². The van der Waals surface area contributed by atoms with E-state index in [0.29, 0.717) is 16.7 Å². The Morgan fingerprint density at radius 1 is 1.32 bits per heavy atom. The zero-order valence-corrected chi connectivity index (χ0v) is 14.9. The molecule has 128 valence electrons. The van der Waals surface area contributed by atoms with Gasteiger partial charge in [0.1, 0.15) is 5.75 Å². The fourth-order valence-corrected chi connectivity index (χ4v) is 2.57. The van der Waals surface area contributed by atoms with Gasteiger partial charge in [0.2, 0.25) is 5.95 Å². The molecule has 1 amide bonds. The summed E-state index contributed by atoms with van der Waals surface area (Å²) >= 11 is 7.30. The van der Waals surface area contributed by atoms with Crippen LogP contribution in [0.15, 0.2) is 35.6 Å². The molecule has 8 nitrogen and oxygen atoms in total. The smallest absolute Gasteiger partial charge is 0.278 e. The molecular weight excluding hydrogens is 364 g/mol. The molecule has 0 aliphatic rings. The molecule has 0 bridgehead atoms. The highest BCUT2D eigenvalue weighted by atomic mass is 35.5. The van der Waals surface area contributed by atoms with E-state index in [0.717, 1.165) is 5.56 Å². The van der Waals surface area contributed by atoms with Gasteiger partial charge in [-0.3, -0.25) is 15.2 Å². The Labute approximate surface area is 152 Å². The summed E-state index contributed by atoms with van der Waals surface area (Å²) in [7, 11) is 1.57. The SMILES string of the molecule is COc1ccccc1-c1nc(NC(=O)c2nc(SC)ncc2Cl)n[nH]1. The number of hydrogen-bond acceptors (Lipinski definition) is 7. The third-order valence-corrected chi connectivity index (χ3v) is 4.03. The molecule has 0 aliphatic carbocycles. The number of rotatable bonds is 5. The van der Waals surface area contributed by atoms with Gasteiger partial charge in [-0.05, 0) is 18.4 Å². The van der Waals surface area contributed by atoms with Crippen LogP contribution in [0, 0.1) is 0 Å². The van der Waals surface area contributed by atoms with Gasteiger partial charge < -0.3 is 4.74 Å². The van der Waals surface area contributed by atoms with Crippen molar-refractivity contribution in [3.8, 4) is 17.1 Å². The van der Waals surface area contributed by atoms with E-state index in [-0.39, 0.29) is 16.7 Å². The fourth-order valence-electron chi connectivity index (χ4n) is 2.05. The number of nitrogens with one attached hydrogen (secondary N) is 2. The van der Waals surface area contributed by atoms with Crippen LogP contribution in [0.5, 0.6) is 5.75 Å². The van der Waals surface area contributed by atoms with Crippen molar-refractivity contribution < 1.29 is 9.53 Å². The first-order valence-corrected chi connectivity index (χ1v) is 8.66. The number of hydrogen-bond donors (Lipinski definition) is 2. The summed E-state index contributed by atoms with van der Waals surface area (Å²) < 4.78 is 5.29. The summed E-state index contributed by atoms with van der Waals surface area (Å²) in [6, 6.07) is 7.34. The van der Waals surface area contributed by atoms with Crippen molar-refractivity contribution in [2.24, 2.45) is 0 Å². The van der Waals surface area contributed by atoms with E-state index in [1.54, 1.807) is 19.4 Å². The predicted octanol–water partition coefficient (Wildman–Crippen LogP) is 2.90. The van der Waals surface area contributed by atoms with Crippen LogP contribution >= 0.6 is 23.4 Å². The van der Waals surface area contributed by atoms with Crippen molar-refractivity contribution in [1.29, 1.82) is 0 Å². The average molecular weight is 377 g/mol. The minimum absolute atomic E-state index is 0.0599. The number of methoxy groups -OCH3 is 1. The van der Waals surface area contributed by atoms with Gasteiger partial charge in [-0.1, -0.05) is 35.5 Å². The Balaban J connectivity index is 1.83. The van der Waals surface area contributed by atoms with Crippen LogP contribution < -0.4 is 10.1 Å². The first-order valence-electron chi connectivity index (χ1n) is 7.06. The molecule has 2 N–H and O–H groups in total. The van der Waals surface area contributed by atoms with E-state index in [1.165, 1.54) is 18.0 Å². The normalized spacial score (nSPS) is 10.5. The van der Waals surface area contributed by atoms with Gasteiger partial charge in [0, 0.05) is 0 Å². The third-order valence-electron chi connectivity index (χ3n) is 3.19. The molecule has 25 heavy (non-hydrogen) atoms.